The van der Waals surface area contributed by atoms with Crippen LogP contribution >= 0.6 is 0 Å². The van der Waals surface area contributed by atoms with E-state index in [-0.39, 0.29) is 5.41 Å². The number of hydrogen-bond donors (Lipinski definition) is 1. The zero-order chi connectivity index (χ0) is 13.6. The first-order valence-electron chi connectivity index (χ1n) is 7.49. The molecular weight excluding hydrogens is 234 g/mol. The lowest BCUT2D eigenvalue weighted by molar-refractivity contribution is 0.250. The Morgan fingerprint density at radius 3 is 2.53 bits per heavy atom. The summed E-state index contributed by atoms with van der Waals surface area (Å²) in [5.74, 6) is 1.12. The molecule has 2 heteroatoms. The van der Waals surface area contributed by atoms with Gasteiger partial charge in [-0.05, 0) is 42.4 Å². The molecule has 0 radical (unpaired) electrons. The molecule has 1 atom stereocenters. The molecule has 0 bridgehead atoms. The molecule has 2 aliphatic rings. The zero-order valence-corrected chi connectivity index (χ0v) is 12.5. The van der Waals surface area contributed by atoms with Crippen molar-refractivity contribution in [3.63, 3.8) is 0 Å². The highest BCUT2D eigenvalue weighted by molar-refractivity contribution is 5.48. The second-order valence-electron chi connectivity index (χ2n) is 7.09. The number of ether oxygens (including phenoxy) is 1. The fraction of sp³-hybridized carbons (Fsp3) is 0.647. The van der Waals surface area contributed by atoms with Crippen molar-refractivity contribution in [2.24, 2.45) is 0 Å². The third kappa shape index (κ3) is 2.64. The van der Waals surface area contributed by atoms with Crippen molar-refractivity contribution in [2.75, 3.05) is 6.61 Å². The van der Waals surface area contributed by atoms with E-state index in [0.717, 1.165) is 24.8 Å². The van der Waals surface area contributed by atoms with E-state index in [1.165, 1.54) is 29.5 Å². The lowest BCUT2D eigenvalue weighted by Crippen LogP contribution is -2.29. The second-order valence-corrected chi connectivity index (χ2v) is 7.09. The summed E-state index contributed by atoms with van der Waals surface area (Å²) >= 11 is 0. The molecular formula is C17H25NO. The summed E-state index contributed by atoms with van der Waals surface area (Å²) in [6, 6.07) is 5.88. The first-order chi connectivity index (χ1) is 8.95. The van der Waals surface area contributed by atoms with Crippen molar-refractivity contribution in [3.05, 3.63) is 28.8 Å². The van der Waals surface area contributed by atoms with Gasteiger partial charge in [0.05, 0.1) is 6.61 Å². The normalized spacial score (nSPS) is 22.8. The average molecular weight is 259 g/mol. The van der Waals surface area contributed by atoms with E-state index >= 15 is 0 Å². The van der Waals surface area contributed by atoms with Crippen LogP contribution in [0, 0.1) is 6.92 Å². The minimum Gasteiger partial charge on any atom is -0.493 e. The molecule has 1 saturated carbocycles. The Kier molecular flexibility index (Phi) is 3.09. The number of rotatable bonds is 2. The van der Waals surface area contributed by atoms with Gasteiger partial charge in [-0.15, -0.1) is 0 Å². The van der Waals surface area contributed by atoms with Gasteiger partial charge < -0.3 is 10.1 Å². The number of benzene rings is 1. The highest BCUT2D eigenvalue weighted by Crippen LogP contribution is 2.39. The van der Waals surface area contributed by atoms with Gasteiger partial charge in [-0.2, -0.15) is 0 Å². The second kappa shape index (κ2) is 4.52. The number of aryl methyl sites for hydroxylation is 1. The number of nitrogens with one attached hydrogen (secondary N) is 1. The van der Waals surface area contributed by atoms with E-state index in [0.29, 0.717) is 6.04 Å². The van der Waals surface area contributed by atoms with Crippen LogP contribution in [0.15, 0.2) is 12.1 Å². The van der Waals surface area contributed by atoms with E-state index in [2.05, 4.69) is 45.1 Å². The van der Waals surface area contributed by atoms with E-state index in [4.69, 9.17) is 4.74 Å². The lowest BCUT2D eigenvalue weighted by Gasteiger charge is -2.31. The quantitative estimate of drug-likeness (QED) is 0.870. The fourth-order valence-corrected chi connectivity index (χ4v) is 2.83. The van der Waals surface area contributed by atoms with Gasteiger partial charge in [-0.25, -0.2) is 0 Å². The summed E-state index contributed by atoms with van der Waals surface area (Å²) in [5.41, 5.74) is 4.27. The standard InChI is InChI=1S/C17H25NO/c1-11-9-12(17(2,3)4)10-14-15(18-13-5-6-13)7-8-19-16(11)14/h9-10,13,15,18H,5-8H2,1-4H3. The molecule has 0 aromatic heterocycles. The Bertz CT molecular complexity index is 483. The zero-order valence-electron chi connectivity index (χ0n) is 12.5. The van der Waals surface area contributed by atoms with Crippen LogP contribution < -0.4 is 10.1 Å². The molecule has 1 N–H and O–H groups in total. The van der Waals surface area contributed by atoms with Gasteiger partial charge in [0.15, 0.2) is 0 Å². The summed E-state index contributed by atoms with van der Waals surface area (Å²) in [6.45, 7) is 9.85. The minimum absolute atomic E-state index is 0.196. The molecule has 0 amide bonds. The average Bonchev–Trinajstić information content (AvgIpc) is 3.12. The van der Waals surface area contributed by atoms with Crippen molar-refractivity contribution in [1.29, 1.82) is 0 Å². The van der Waals surface area contributed by atoms with Crippen LogP contribution in [0.5, 0.6) is 5.75 Å². The molecule has 1 heterocycles. The van der Waals surface area contributed by atoms with Gasteiger partial charge in [0.25, 0.3) is 0 Å². The van der Waals surface area contributed by atoms with Crippen molar-refractivity contribution < 1.29 is 4.74 Å². The molecule has 1 aromatic rings. The van der Waals surface area contributed by atoms with Gasteiger partial charge in [0, 0.05) is 24.1 Å². The van der Waals surface area contributed by atoms with Crippen molar-refractivity contribution in [3.8, 4) is 5.75 Å². The molecule has 0 saturated heterocycles. The van der Waals surface area contributed by atoms with E-state index in [1.807, 2.05) is 0 Å². The molecule has 1 aliphatic heterocycles. The van der Waals surface area contributed by atoms with Crippen molar-refractivity contribution in [2.45, 2.75) is 64.5 Å². The molecule has 2 nitrogen and oxygen atoms in total. The van der Waals surface area contributed by atoms with Crippen LogP contribution in [-0.4, -0.2) is 12.6 Å². The van der Waals surface area contributed by atoms with E-state index in [9.17, 15) is 0 Å². The molecule has 104 valence electrons. The number of fused-ring (bicyclic) bond motifs is 1. The van der Waals surface area contributed by atoms with Gasteiger partial charge in [0.2, 0.25) is 0 Å². The molecule has 1 aliphatic carbocycles. The predicted octanol–water partition coefficient (Wildman–Crippen LogP) is 3.87. The molecule has 0 spiro atoms. The van der Waals surface area contributed by atoms with Crippen LogP contribution in [0.1, 0.15) is 62.8 Å². The van der Waals surface area contributed by atoms with Gasteiger partial charge in [-0.1, -0.05) is 26.8 Å². The first kappa shape index (κ1) is 13.0. The van der Waals surface area contributed by atoms with Crippen LogP contribution in [0.3, 0.4) is 0 Å². The lowest BCUT2D eigenvalue weighted by atomic mass is 9.83. The summed E-state index contributed by atoms with van der Waals surface area (Å²) < 4.78 is 5.91. The molecule has 19 heavy (non-hydrogen) atoms. The topological polar surface area (TPSA) is 21.3 Å². The smallest absolute Gasteiger partial charge is 0.126 e. The Labute approximate surface area is 116 Å². The Morgan fingerprint density at radius 2 is 1.89 bits per heavy atom. The summed E-state index contributed by atoms with van der Waals surface area (Å²) in [5, 5.41) is 3.77. The Balaban J connectivity index is 1.99. The SMILES string of the molecule is Cc1cc(C(C)(C)C)cc2c1OCCC2NC1CC1. The maximum absolute atomic E-state index is 5.91. The summed E-state index contributed by atoms with van der Waals surface area (Å²) in [4.78, 5) is 0. The van der Waals surface area contributed by atoms with Gasteiger partial charge in [0.1, 0.15) is 5.75 Å². The number of hydrogen-bond acceptors (Lipinski definition) is 2. The van der Waals surface area contributed by atoms with Crippen LogP contribution in [-0.2, 0) is 5.41 Å². The maximum atomic E-state index is 5.91. The third-order valence-corrected chi connectivity index (χ3v) is 4.21. The highest BCUT2D eigenvalue weighted by atomic mass is 16.5. The van der Waals surface area contributed by atoms with Crippen LogP contribution in [0.4, 0.5) is 0 Å². The third-order valence-electron chi connectivity index (χ3n) is 4.21. The Hall–Kier alpha value is -1.02. The molecule has 1 unspecified atom stereocenters. The van der Waals surface area contributed by atoms with Crippen molar-refractivity contribution >= 4 is 0 Å². The fourth-order valence-electron chi connectivity index (χ4n) is 2.83. The largest absolute Gasteiger partial charge is 0.493 e. The maximum Gasteiger partial charge on any atom is 0.126 e. The van der Waals surface area contributed by atoms with E-state index in [1.54, 1.807) is 0 Å². The van der Waals surface area contributed by atoms with Crippen molar-refractivity contribution in [1.82, 2.24) is 5.32 Å². The molecule has 1 aromatic carbocycles. The minimum atomic E-state index is 0.196. The van der Waals surface area contributed by atoms with E-state index < -0.39 is 0 Å². The molecule has 3 rings (SSSR count). The van der Waals surface area contributed by atoms with Crippen LogP contribution in [0.25, 0.3) is 0 Å². The van der Waals surface area contributed by atoms with Gasteiger partial charge >= 0.3 is 0 Å². The monoisotopic (exact) mass is 259 g/mol. The summed E-state index contributed by atoms with van der Waals surface area (Å²) in [7, 11) is 0. The highest BCUT2D eigenvalue weighted by Gasteiger charge is 2.30. The molecule has 1 fully saturated rings. The summed E-state index contributed by atoms with van der Waals surface area (Å²) in [6.07, 6.45) is 3.77. The Morgan fingerprint density at radius 1 is 1.16 bits per heavy atom. The predicted molar refractivity (Wildman–Crippen MR) is 78.9 cm³/mol. The van der Waals surface area contributed by atoms with Gasteiger partial charge in [-0.3, -0.25) is 0 Å². The van der Waals surface area contributed by atoms with Crippen LogP contribution in [0.2, 0.25) is 0 Å². The first-order valence-corrected chi connectivity index (χ1v) is 7.49.